The molecule has 0 aliphatic carbocycles. The van der Waals surface area contributed by atoms with Crippen molar-refractivity contribution >= 4 is 16.0 Å². The number of guanidine groups is 1. The fourth-order valence-electron chi connectivity index (χ4n) is 4.10. The molecule has 168 valence electrons. The van der Waals surface area contributed by atoms with Crippen molar-refractivity contribution in [1.29, 1.82) is 0 Å². The van der Waals surface area contributed by atoms with E-state index < -0.39 is 15.3 Å². The summed E-state index contributed by atoms with van der Waals surface area (Å²) < 4.78 is 38.8. The smallest absolute Gasteiger partial charge is 0.216 e. The summed E-state index contributed by atoms with van der Waals surface area (Å²) in [6.45, 7) is 4.46. The molecule has 0 bridgehead atoms. The lowest BCUT2D eigenvalue weighted by molar-refractivity contribution is 0.259. The van der Waals surface area contributed by atoms with Gasteiger partial charge in [0.1, 0.15) is 11.5 Å². The Morgan fingerprint density at radius 1 is 1.23 bits per heavy atom. The van der Waals surface area contributed by atoms with Crippen LogP contribution in [0.3, 0.4) is 0 Å². The first-order valence-corrected chi connectivity index (χ1v) is 12.4. The molecule has 0 spiro atoms. The number of fused-ring (bicyclic) bond motifs is 1. The van der Waals surface area contributed by atoms with Crippen LogP contribution >= 0.6 is 0 Å². The first kappa shape index (κ1) is 21.7. The zero-order chi connectivity index (χ0) is 21.7. The number of nitrogens with one attached hydrogen (secondary N) is 2. The summed E-state index contributed by atoms with van der Waals surface area (Å²) in [6.07, 6.45) is 3.75. The van der Waals surface area contributed by atoms with Crippen molar-refractivity contribution in [2.24, 2.45) is 4.99 Å². The van der Waals surface area contributed by atoms with Crippen LogP contribution in [0.1, 0.15) is 37.1 Å². The summed E-state index contributed by atoms with van der Waals surface area (Å²) in [6, 6.07) is 11.9. The molecule has 1 saturated heterocycles. The second-order valence-electron chi connectivity index (χ2n) is 7.81. The number of likely N-dealkylation sites (tertiary alicyclic amines) is 1. The molecular weight excluding hydrogens is 416 g/mol. The van der Waals surface area contributed by atoms with Crippen molar-refractivity contribution in [3.05, 3.63) is 54.0 Å². The van der Waals surface area contributed by atoms with Gasteiger partial charge in [-0.25, -0.2) is 13.1 Å². The van der Waals surface area contributed by atoms with Gasteiger partial charge in [0.25, 0.3) is 0 Å². The van der Waals surface area contributed by atoms with Gasteiger partial charge < -0.3 is 19.4 Å². The predicted molar refractivity (Wildman–Crippen MR) is 120 cm³/mol. The Morgan fingerprint density at radius 2 is 2.10 bits per heavy atom. The van der Waals surface area contributed by atoms with Crippen LogP contribution in [0, 0.1) is 0 Å². The van der Waals surface area contributed by atoms with Gasteiger partial charge in [0.15, 0.2) is 5.96 Å². The number of benzene rings is 1. The summed E-state index contributed by atoms with van der Waals surface area (Å²) in [4.78, 5) is 6.88. The number of hydrogen-bond donors (Lipinski definition) is 2. The van der Waals surface area contributed by atoms with Crippen LogP contribution in [-0.2, 0) is 16.4 Å². The minimum Gasteiger partial charge on any atom is -0.493 e. The molecule has 2 aliphatic heterocycles. The molecule has 0 amide bonds. The normalized spacial score (nSPS) is 21.6. The van der Waals surface area contributed by atoms with Crippen molar-refractivity contribution in [1.82, 2.24) is 14.9 Å². The van der Waals surface area contributed by atoms with E-state index in [9.17, 15) is 8.42 Å². The minimum absolute atomic E-state index is 0.0664. The maximum atomic E-state index is 12.5. The SMILES string of the molecule is CCNS(=O)(=O)C1CCN(C(=NCCc2ccco2)NC2CCOc3ccccc32)C1. The molecule has 2 aromatic rings. The highest BCUT2D eigenvalue weighted by Crippen LogP contribution is 2.32. The first-order valence-electron chi connectivity index (χ1n) is 10.9. The average Bonchev–Trinajstić information content (AvgIpc) is 3.46. The molecule has 2 N–H and O–H groups in total. The quantitative estimate of drug-likeness (QED) is 0.501. The number of furan rings is 1. The van der Waals surface area contributed by atoms with Crippen LogP contribution in [0.5, 0.6) is 5.75 Å². The third kappa shape index (κ3) is 5.22. The second kappa shape index (κ2) is 9.74. The predicted octanol–water partition coefficient (Wildman–Crippen LogP) is 2.31. The van der Waals surface area contributed by atoms with Crippen molar-refractivity contribution in [3.8, 4) is 5.75 Å². The third-order valence-corrected chi connectivity index (χ3v) is 7.64. The molecule has 1 aromatic carbocycles. The van der Waals surface area contributed by atoms with Gasteiger partial charge in [-0.1, -0.05) is 25.1 Å². The van der Waals surface area contributed by atoms with Gasteiger partial charge in [-0.3, -0.25) is 4.99 Å². The van der Waals surface area contributed by atoms with Crippen molar-refractivity contribution < 1.29 is 17.6 Å². The molecule has 1 fully saturated rings. The molecule has 2 atom stereocenters. The van der Waals surface area contributed by atoms with E-state index in [0.29, 0.717) is 45.6 Å². The molecule has 2 unspecified atom stereocenters. The van der Waals surface area contributed by atoms with Crippen molar-refractivity contribution in [2.75, 3.05) is 32.8 Å². The van der Waals surface area contributed by atoms with Gasteiger partial charge in [0, 0.05) is 44.6 Å². The van der Waals surface area contributed by atoms with Crippen molar-refractivity contribution in [2.45, 2.75) is 37.5 Å². The van der Waals surface area contributed by atoms with Gasteiger partial charge in [-0.05, 0) is 24.6 Å². The first-order chi connectivity index (χ1) is 15.1. The average molecular weight is 447 g/mol. The Bertz CT molecular complexity index is 991. The van der Waals surface area contributed by atoms with E-state index in [1.54, 1.807) is 13.2 Å². The Labute approximate surface area is 183 Å². The standard InChI is InChI=1S/C22H30N4O4S/c1-2-24-31(27,28)18-10-13-26(16-18)22(23-12-9-17-6-5-14-29-17)25-20-11-15-30-21-8-4-3-7-19(20)21/h3-8,14,18,20,24H,2,9-13,15-16H2,1H3,(H,23,25). The zero-order valence-electron chi connectivity index (χ0n) is 17.8. The fraction of sp³-hybridized carbons (Fsp3) is 0.500. The molecule has 9 heteroatoms. The van der Waals surface area contributed by atoms with Crippen LogP contribution in [0.4, 0.5) is 0 Å². The summed E-state index contributed by atoms with van der Waals surface area (Å²) in [5.41, 5.74) is 1.10. The van der Waals surface area contributed by atoms with Crippen LogP contribution in [0.15, 0.2) is 52.1 Å². The molecule has 2 aliphatic rings. The number of ether oxygens (including phenoxy) is 1. The zero-order valence-corrected chi connectivity index (χ0v) is 18.6. The van der Waals surface area contributed by atoms with E-state index in [1.165, 1.54) is 0 Å². The van der Waals surface area contributed by atoms with E-state index in [-0.39, 0.29) is 6.04 Å². The van der Waals surface area contributed by atoms with Crippen molar-refractivity contribution in [3.63, 3.8) is 0 Å². The lowest BCUT2D eigenvalue weighted by Crippen LogP contribution is -2.44. The monoisotopic (exact) mass is 446 g/mol. The van der Waals surface area contributed by atoms with E-state index in [4.69, 9.17) is 14.1 Å². The minimum atomic E-state index is -3.32. The molecule has 1 aromatic heterocycles. The maximum absolute atomic E-state index is 12.5. The molecule has 8 nitrogen and oxygen atoms in total. The molecular formula is C22H30N4O4S. The highest BCUT2D eigenvalue weighted by Gasteiger charge is 2.35. The number of hydrogen-bond acceptors (Lipinski definition) is 5. The number of rotatable bonds is 7. The van der Waals surface area contributed by atoms with Crippen LogP contribution in [0.25, 0.3) is 0 Å². The van der Waals surface area contributed by atoms with Gasteiger partial charge >= 0.3 is 0 Å². The second-order valence-corrected chi connectivity index (χ2v) is 9.85. The lowest BCUT2D eigenvalue weighted by atomic mass is 10.0. The molecule has 31 heavy (non-hydrogen) atoms. The van der Waals surface area contributed by atoms with E-state index in [1.807, 2.05) is 30.3 Å². The number of aliphatic imine (C=N–C) groups is 1. The molecule has 0 radical (unpaired) electrons. The van der Waals surface area contributed by atoms with Gasteiger partial charge in [0.2, 0.25) is 10.0 Å². The van der Waals surface area contributed by atoms with E-state index >= 15 is 0 Å². The molecule has 4 rings (SSSR count). The Kier molecular flexibility index (Phi) is 6.82. The fourth-order valence-corrected chi connectivity index (χ4v) is 5.53. The highest BCUT2D eigenvalue weighted by molar-refractivity contribution is 7.90. The van der Waals surface area contributed by atoms with Crippen LogP contribution in [0.2, 0.25) is 0 Å². The van der Waals surface area contributed by atoms with Crippen LogP contribution in [-0.4, -0.2) is 57.3 Å². The Morgan fingerprint density at radius 3 is 2.90 bits per heavy atom. The Hall–Kier alpha value is -2.52. The number of para-hydroxylation sites is 1. The van der Waals surface area contributed by atoms with Gasteiger partial charge in [0.05, 0.1) is 24.2 Å². The maximum Gasteiger partial charge on any atom is 0.216 e. The van der Waals surface area contributed by atoms with E-state index in [0.717, 1.165) is 29.5 Å². The topological polar surface area (TPSA) is 96.2 Å². The summed E-state index contributed by atoms with van der Waals surface area (Å²) in [5, 5.41) is 3.15. The molecule has 0 saturated carbocycles. The number of nitrogens with zero attached hydrogens (tertiary/aromatic N) is 2. The van der Waals surface area contributed by atoms with Crippen LogP contribution < -0.4 is 14.8 Å². The summed E-state index contributed by atoms with van der Waals surface area (Å²) in [7, 11) is -3.32. The van der Waals surface area contributed by atoms with Gasteiger partial charge in [-0.15, -0.1) is 0 Å². The summed E-state index contributed by atoms with van der Waals surface area (Å²) >= 11 is 0. The highest BCUT2D eigenvalue weighted by atomic mass is 32.2. The van der Waals surface area contributed by atoms with E-state index in [2.05, 4.69) is 21.0 Å². The largest absolute Gasteiger partial charge is 0.493 e. The summed E-state index contributed by atoms with van der Waals surface area (Å²) in [5.74, 6) is 2.51. The molecule has 3 heterocycles. The Balaban J connectivity index is 1.51. The number of sulfonamides is 1. The lowest BCUT2D eigenvalue weighted by Gasteiger charge is -2.31. The third-order valence-electron chi connectivity index (χ3n) is 5.69. The van der Waals surface area contributed by atoms with Gasteiger partial charge in [-0.2, -0.15) is 0 Å².